The van der Waals surface area contributed by atoms with E-state index in [2.05, 4.69) is 0 Å². The summed E-state index contributed by atoms with van der Waals surface area (Å²) in [6.07, 6.45) is 0. The van der Waals surface area contributed by atoms with Gasteiger partial charge in [-0.1, -0.05) is 36.4 Å². The fourth-order valence-electron chi connectivity index (χ4n) is 1.32. The summed E-state index contributed by atoms with van der Waals surface area (Å²) in [6.45, 7) is -0.575. The van der Waals surface area contributed by atoms with Crippen LogP contribution < -0.4 is 9.47 Å². The predicted octanol–water partition coefficient (Wildman–Crippen LogP) is 2.30. The molecule has 1 radical (unpaired) electrons. The summed E-state index contributed by atoms with van der Waals surface area (Å²) >= 11 is 0. The van der Waals surface area contributed by atoms with Crippen molar-refractivity contribution in [3.05, 3.63) is 60.7 Å². The van der Waals surface area contributed by atoms with E-state index >= 15 is 0 Å². The van der Waals surface area contributed by atoms with E-state index in [0.717, 1.165) is 0 Å². The molecule has 0 aromatic heterocycles. The van der Waals surface area contributed by atoms with Crippen molar-refractivity contribution in [3.63, 3.8) is 0 Å². The second kappa shape index (κ2) is 12.1. The molecule has 0 spiro atoms. The largest absolute Gasteiger partial charge is 0.482 e. The molecule has 7 heteroatoms. The zero-order valence-corrected chi connectivity index (χ0v) is 13.0. The Balaban J connectivity index is 0.000000403. The average molecular weight is 368 g/mol. The Labute approximate surface area is 144 Å². The van der Waals surface area contributed by atoms with E-state index in [9.17, 15) is 9.59 Å². The Morgan fingerprint density at radius 3 is 1.26 bits per heavy atom. The van der Waals surface area contributed by atoms with E-state index in [1.807, 2.05) is 12.1 Å². The number of carboxylic acids is 2. The van der Waals surface area contributed by atoms with Crippen LogP contribution in [0.15, 0.2) is 60.7 Å². The van der Waals surface area contributed by atoms with E-state index in [0.29, 0.717) is 11.5 Å². The van der Waals surface area contributed by atoms with Gasteiger partial charge in [-0.25, -0.2) is 9.59 Å². The molecule has 2 N–H and O–H groups in total. The molecule has 6 nitrogen and oxygen atoms in total. The molecule has 0 heterocycles. The fraction of sp³-hybridized carbons (Fsp3) is 0.125. The third-order valence-corrected chi connectivity index (χ3v) is 2.21. The number of hydrogen-bond acceptors (Lipinski definition) is 4. The van der Waals surface area contributed by atoms with Crippen LogP contribution in [0.5, 0.6) is 11.5 Å². The van der Waals surface area contributed by atoms with Crippen LogP contribution in [-0.2, 0) is 26.7 Å². The molecule has 0 saturated heterocycles. The van der Waals surface area contributed by atoms with E-state index in [4.69, 9.17) is 19.7 Å². The van der Waals surface area contributed by atoms with E-state index < -0.39 is 11.9 Å². The fourth-order valence-corrected chi connectivity index (χ4v) is 1.32. The van der Waals surface area contributed by atoms with Gasteiger partial charge < -0.3 is 19.7 Å². The number of aliphatic carboxylic acids is 2. The van der Waals surface area contributed by atoms with Crippen molar-refractivity contribution >= 4 is 11.9 Å². The maximum absolute atomic E-state index is 10.0. The van der Waals surface area contributed by atoms with Crippen LogP contribution in [0.2, 0.25) is 0 Å². The Morgan fingerprint density at radius 1 is 0.696 bits per heavy atom. The number of para-hydroxylation sites is 2. The minimum atomic E-state index is -0.964. The van der Waals surface area contributed by atoms with Crippen molar-refractivity contribution in [1.82, 2.24) is 0 Å². The molecule has 0 unspecified atom stereocenters. The summed E-state index contributed by atoms with van der Waals surface area (Å²) < 4.78 is 9.74. The first-order chi connectivity index (χ1) is 10.6. The molecule has 2 aromatic rings. The van der Waals surface area contributed by atoms with Gasteiger partial charge in [0, 0.05) is 17.1 Å². The van der Waals surface area contributed by atoms with Gasteiger partial charge in [0.15, 0.2) is 13.2 Å². The molecule has 0 bridgehead atoms. The number of rotatable bonds is 6. The summed E-state index contributed by atoms with van der Waals surface area (Å²) in [5.74, 6) is -0.771. The first kappa shape index (κ1) is 20.5. The maximum atomic E-state index is 10.0. The molecule has 2 aromatic carbocycles. The molecule has 0 aliphatic carbocycles. The molecule has 0 amide bonds. The Morgan fingerprint density at radius 2 is 1.00 bits per heavy atom. The molecule has 0 saturated carbocycles. The van der Waals surface area contributed by atoms with Crippen molar-refractivity contribution in [3.8, 4) is 11.5 Å². The Kier molecular flexibility index (Phi) is 10.8. The van der Waals surface area contributed by atoms with Gasteiger partial charge in [-0.05, 0) is 24.3 Å². The third kappa shape index (κ3) is 10.8. The van der Waals surface area contributed by atoms with Crippen LogP contribution >= 0.6 is 0 Å². The topological polar surface area (TPSA) is 93.1 Å². The van der Waals surface area contributed by atoms with Crippen LogP contribution in [0.25, 0.3) is 0 Å². The predicted molar refractivity (Wildman–Crippen MR) is 79.1 cm³/mol. The smallest absolute Gasteiger partial charge is 0.341 e. The number of ether oxygens (including phenoxy) is 2. The molecular formula is C16H16CuO6. The number of carbonyl (C=O) groups is 2. The second-order valence-electron chi connectivity index (χ2n) is 3.99. The van der Waals surface area contributed by atoms with Gasteiger partial charge in [0.1, 0.15) is 11.5 Å². The summed E-state index contributed by atoms with van der Waals surface area (Å²) in [6, 6.07) is 17.7. The van der Waals surface area contributed by atoms with Crippen LogP contribution in [0.3, 0.4) is 0 Å². The Hall–Kier alpha value is -2.50. The quantitative estimate of drug-likeness (QED) is 0.761. The minimum absolute atomic E-state index is 0. The van der Waals surface area contributed by atoms with Crippen LogP contribution in [0.1, 0.15) is 0 Å². The zero-order chi connectivity index (χ0) is 16.2. The van der Waals surface area contributed by atoms with Crippen molar-refractivity contribution in [2.75, 3.05) is 13.2 Å². The molecule has 0 aliphatic rings. The SMILES string of the molecule is O=C(O)COc1ccccc1.O=C(O)COc1ccccc1.[Cu]. The normalized spacial score (nSPS) is 8.70. The first-order valence-electron chi connectivity index (χ1n) is 6.37. The summed E-state index contributed by atoms with van der Waals surface area (Å²) in [4.78, 5) is 20.1. The average Bonchev–Trinajstić information content (AvgIpc) is 2.53. The van der Waals surface area contributed by atoms with E-state index in [1.54, 1.807) is 48.5 Å². The number of carboxylic acid groups (broad SMARTS) is 2. The molecule has 0 fully saturated rings. The van der Waals surface area contributed by atoms with Crippen LogP contribution in [0.4, 0.5) is 0 Å². The van der Waals surface area contributed by atoms with Crippen molar-refractivity contribution in [2.24, 2.45) is 0 Å². The number of benzene rings is 2. The van der Waals surface area contributed by atoms with Crippen molar-refractivity contribution in [2.45, 2.75) is 0 Å². The van der Waals surface area contributed by atoms with Crippen LogP contribution in [0, 0.1) is 0 Å². The van der Waals surface area contributed by atoms with E-state index in [1.165, 1.54) is 0 Å². The summed E-state index contributed by atoms with van der Waals surface area (Å²) in [5.41, 5.74) is 0. The third-order valence-electron chi connectivity index (χ3n) is 2.21. The van der Waals surface area contributed by atoms with Gasteiger partial charge in [-0.15, -0.1) is 0 Å². The van der Waals surface area contributed by atoms with Gasteiger partial charge >= 0.3 is 11.9 Å². The minimum Gasteiger partial charge on any atom is -0.482 e. The van der Waals surface area contributed by atoms with Gasteiger partial charge in [0.05, 0.1) is 0 Å². The molecule has 127 valence electrons. The van der Waals surface area contributed by atoms with Crippen molar-refractivity contribution < 1.29 is 46.3 Å². The van der Waals surface area contributed by atoms with E-state index in [-0.39, 0.29) is 30.3 Å². The van der Waals surface area contributed by atoms with Crippen LogP contribution in [-0.4, -0.2) is 35.4 Å². The van der Waals surface area contributed by atoms with Gasteiger partial charge in [0.2, 0.25) is 0 Å². The van der Waals surface area contributed by atoms with Gasteiger partial charge in [0.25, 0.3) is 0 Å². The second-order valence-corrected chi connectivity index (χ2v) is 3.99. The number of hydrogen-bond donors (Lipinski definition) is 2. The molecule has 0 atom stereocenters. The standard InChI is InChI=1S/2C8H8O3.Cu/c2*9-8(10)6-11-7-4-2-1-3-5-7;/h2*1-5H,6H2,(H,9,10);. The summed E-state index contributed by atoms with van der Waals surface area (Å²) in [5, 5.41) is 16.5. The summed E-state index contributed by atoms with van der Waals surface area (Å²) in [7, 11) is 0. The van der Waals surface area contributed by atoms with Gasteiger partial charge in [-0.2, -0.15) is 0 Å². The maximum Gasteiger partial charge on any atom is 0.341 e. The molecule has 2 rings (SSSR count). The molecule has 23 heavy (non-hydrogen) atoms. The zero-order valence-electron chi connectivity index (χ0n) is 12.0. The molecule has 0 aliphatic heterocycles. The van der Waals surface area contributed by atoms with Crippen molar-refractivity contribution in [1.29, 1.82) is 0 Å². The van der Waals surface area contributed by atoms with Gasteiger partial charge in [-0.3, -0.25) is 0 Å². The first-order valence-corrected chi connectivity index (χ1v) is 6.37. The monoisotopic (exact) mass is 367 g/mol. The molecular weight excluding hydrogens is 352 g/mol. The Bertz CT molecular complexity index is 520.